The van der Waals surface area contributed by atoms with Crippen LogP contribution in [-0.2, 0) is 0 Å². The quantitative estimate of drug-likeness (QED) is 0.836. The molecule has 1 saturated carbocycles. The van der Waals surface area contributed by atoms with E-state index in [4.69, 9.17) is 0 Å². The number of aromatic nitrogens is 2. The SMILES string of the molecule is CCNC(CCC1CCCCC1)c1cncnc1. The van der Waals surface area contributed by atoms with Gasteiger partial charge in [-0.2, -0.15) is 0 Å². The summed E-state index contributed by atoms with van der Waals surface area (Å²) in [6, 6.07) is 0.429. The first-order valence-electron chi connectivity index (χ1n) is 7.38. The largest absolute Gasteiger partial charge is 0.310 e. The lowest BCUT2D eigenvalue weighted by Crippen LogP contribution is -2.22. The summed E-state index contributed by atoms with van der Waals surface area (Å²) in [5.74, 6) is 0.949. The van der Waals surface area contributed by atoms with Gasteiger partial charge in [0.25, 0.3) is 0 Å². The summed E-state index contributed by atoms with van der Waals surface area (Å²) in [5.41, 5.74) is 1.23. The molecule has 1 aliphatic rings. The molecule has 1 aromatic rings. The van der Waals surface area contributed by atoms with Crippen LogP contribution in [0.15, 0.2) is 18.7 Å². The van der Waals surface area contributed by atoms with E-state index < -0.39 is 0 Å². The molecule has 1 heterocycles. The Hall–Kier alpha value is -0.960. The second kappa shape index (κ2) is 7.47. The molecule has 100 valence electrons. The zero-order valence-electron chi connectivity index (χ0n) is 11.4. The first-order chi connectivity index (χ1) is 8.90. The molecule has 1 N–H and O–H groups in total. The van der Waals surface area contributed by atoms with Crippen LogP contribution in [0.1, 0.15) is 63.5 Å². The van der Waals surface area contributed by atoms with Gasteiger partial charge in [0.05, 0.1) is 0 Å². The maximum absolute atomic E-state index is 4.13. The molecule has 0 bridgehead atoms. The van der Waals surface area contributed by atoms with E-state index in [2.05, 4.69) is 22.2 Å². The van der Waals surface area contributed by atoms with E-state index in [1.54, 1.807) is 6.33 Å². The Morgan fingerprint density at radius 1 is 1.22 bits per heavy atom. The summed E-state index contributed by atoms with van der Waals surface area (Å²) in [7, 11) is 0. The van der Waals surface area contributed by atoms with Gasteiger partial charge >= 0.3 is 0 Å². The third-order valence-electron chi connectivity index (χ3n) is 4.02. The van der Waals surface area contributed by atoms with Crippen molar-refractivity contribution in [3.63, 3.8) is 0 Å². The third-order valence-corrected chi connectivity index (χ3v) is 4.02. The minimum absolute atomic E-state index is 0.429. The molecule has 0 saturated heterocycles. The van der Waals surface area contributed by atoms with E-state index in [9.17, 15) is 0 Å². The van der Waals surface area contributed by atoms with Crippen molar-refractivity contribution in [2.24, 2.45) is 5.92 Å². The predicted molar refractivity (Wildman–Crippen MR) is 74.3 cm³/mol. The zero-order valence-corrected chi connectivity index (χ0v) is 11.4. The van der Waals surface area contributed by atoms with Crippen LogP contribution in [0.3, 0.4) is 0 Å². The summed E-state index contributed by atoms with van der Waals surface area (Å²) < 4.78 is 0. The summed E-state index contributed by atoms with van der Waals surface area (Å²) in [4.78, 5) is 8.26. The highest BCUT2D eigenvalue weighted by Gasteiger charge is 2.17. The lowest BCUT2D eigenvalue weighted by Gasteiger charge is -2.24. The minimum Gasteiger partial charge on any atom is -0.310 e. The number of rotatable bonds is 6. The Bertz CT molecular complexity index is 320. The molecule has 0 amide bonds. The fraction of sp³-hybridized carbons (Fsp3) is 0.733. The Morgan fingerprint density at radius 3 is 2.61 bits per heavy atom. The van der Waals surface area contributed by atoms with Crippen LogP contribution in [-0.4, -0.2) is 16.5 Å². The van der Waals surface area contributed by atoms with E-state index in [1.165, 1.54) is 50.5 Å². The van der Waals surface area contributed by atoms with Crippen molar-refractivity contribution in [2.45, 2.75) is 57.9 Å². The van der Waals surface area contributed by atoms with Crippen LogP contribution in [0.25, 0.3) is 0 Å². The fourth-order valence-corrected chi connectivity index (χ4v) is 3.00. The highest BCUT2D eigenvalue weighted by molar-refractivity contribution is 5.09. The Balaban J connectivity index is 1.86. The van der Waals surface area contributed by atoms with Gasteiger partial charge in [-0.15, -0.1) is 0 Å². The molecule has 18 heavy (non-hydrogen) atoms. The van der Waals surface area contributed by atoms with Gasteiger partial charge < -0.3 is 5.32 Å². The predicted octanol–water partition coefficient (Wildman–Crippen LogP) is 3.49. The number of hydrogen-bond donors (Lipinski definition) is 1. The highest BCUT2D eigenvalue weighted by atomic mass is 14.9. The van der Waals surface area contributed by atoms with Crippen molar-refractivity contribution < 1.29 is 0 Å². The molecule has 1 aromatic heterocycles. The molecule has 0 aromatic carbocycles. The lowest BCUT2D eigenvalue weighted by atomic mass is 9.84. The van der Waals surface area contributed by atoms with Gasteiger partial charge in [0.2, 0.25) is 0 Å². The minimum atomic E-state index is 0.429. The van der Waals surface area contributed by atoms with Crippen LogP contribution in [0.4, 0.5) is 0 Å². The average molecular weight is 247 g/mol. The Morgan fingerprint density at radius 2 is 1.94 bits per heavy atom. The maximum atomic E-state index is 4.13. The third kappa shape index (κ3) is 4.05. The van der Waals surface area contributed by atoms with Gasteiger partial charge in [-0.3, -0.25) is 0 Å². The molecule has 0 spiro atoms. The smallest absolute Gasteiger partial charge is 0.115 e. The topological polar surface area (TPSA) is 37.8 Å². The monoisotopic (exact) mass is 247 g/mol. The van der Waals surface area contributed by atoms with E-state index in [0.717, 1.165) is 12.5 Å². The number of hydrogen-bond acceptors (Lipinski definition) is 3. The number of nitrogens with zero attached hydrogens (tertiary/aromatic N) is 2. The summed E-state index contributed by atoms with van der Waals surface area (Å²) >= 11 is 0. The van der Waals surface area contributed by atoms with Crippen molar-refractivity contribution in [1.29, 1.82) is 0 Å². The second-order valence-corrected chi connectivity index (χ2v) is 5.36. The normalized spacial score (nSPS) is 18.7. The molecule has 0 aliphatic heterocycles. The molecule has 3 heteroatoms. The van der Waals surface area contributed by atoms with Gasteiger partial charge in [0, 0.05) is 24.0 Å². The molecule has 1 atom stereocenters. The zero-order chi connectivity index (χ0) is 12.6. The summed E-state index contributed by atoms with van der Waals surface area (Å²) in [6.07, 6.45) is 15.2. The fourth-order valence-electron chi connectivity index (χ4n) is 3.00. The second-order valence-electron chi connectivity index (χ2n) is 5.36. The van der Waals surface area contributed by atoms with Gasteiger partial charge in [0.15, 0.2) is 0 Å². The molecule has 1 aliphatic carbocycles. The van der Waals surface area contributed by atoms with Crippen molar-refractivity contribution in [3.8, 4) is 0 Å². The maximum Gasteiger partial charge on any atom is 0.115 e. The van der Waals surface area contributed by atoms with Gasteiger partial charge in [-0.25, -0.2) is 9.97 Å². The molecular weight excluding hydrogens is 222 g/mol. The molecule has 0 radical (unpaired) electrons. The van der Waals surface area contributed by atoms with Crippen molar-refractivity contribution >= 4 is 0 Å². The molecule has 1 unspecified atom stereocenters. The van der Waals surface area contributed by atoms with E-state index in [-0.39, 0.29) is 0 Å². The van der Waals surface area contributed by atoms with Crippen molar-refractivity contribution in [2.75, 3.05) is 6.54 Å². The average Bonchev–Trinajstić information content (AvgIpc) is 2.45. The van der Waals surface area contributed by atoms with Crippen molar-refractivity contribution in [1.82, 2.24) is 15.3 Å². The standard InChI is InChI=1S/C15H25N3/c1-2-18-15(14-10-16-12-17-11-14)9-8-13-6-4-3-5-7-13/h10-13,15,18H,2-9H2,1H3. The van der Waals surface area contributed by atoms with Gasteiger partial charge in [-0.05, 0) is 25.3 Å². The molecule has 1 fully saturated rings. The van der Waals surface area contributed by atoms with E-state index in [1.807, 2.05) is 12.4 Å². The first kappa shape index (κ1) is 13.5. The lowest BCUT2D eigenvalue weighted by molar-refractivity contribution is 0.315. The Kier molecular flexibility index (Phi) is 5.59. The summed E-state index contributed by atoms with van der Waals surface area (Å²) in [5, 5.41) is 3.56. The molecule has 3 nitrogen and oxygen atoms in total. The molecule has 2 rings (SSSR count). The van der Waals surface area contributed by atoms with Crippen LogP contribution in [0, 0.1) is 5.92 Å². The highest BCUT2D eigenvalue weighted by Crippen LogP contribution is 2.30. The van der Waals surface area contributed by atoms with Crippen LogP contribution in [0.2, 0.25) is 0 Å². The van der Waals surface area contributed by atoms with E-state index >= 15 is 0 Å². The molecular formula is C15H25N3. The van der Waals surface area contributed by atoms with E-state index in [0.29, 0.717) is 6.04 Å². The number of nitrogens with one attached hydrogen (secondary N) is 1. The van der Waals surface area contributed by atoms with Gasteiger partial charge in [-0.1, -0.05) is 39.0 Å². The summed E-state index contributed by atoms with van der Waals surface area (Å²) in [6.45, 7) is 3.17. The van der Waals surface area contributed by atoms with Crippen LogP contribution in [0.5, 0.6) is 0 Å². The Labute approximate surface area is 110 Å². The van der Waals surface area contributed by atoms with Crippen LogP contribution >= 0.6 is 0 Å². The van der Waals surface area contributed by atoms with Crippen molar-refractivity contribution in [3.05, 3.63) is 24.3 Å². The van der Waals surface area contributed by atoms with Gasteiger partial charge in [0.1, 0.15) is 6.33 Å². The first-order valence-corrected chi connectivity index (χ1v) is 7.38. The van der Waals surface area contributed by atoms with Crippen LogP contribution < -0.4 is 5.32 Å².